The third-order valence-electron chi connectivity index (χ3n) is 4.81. The van der Waals surface area contributed by atoms with Gasteiger partial charge >= 0.3 is 6.03 Å². The second-order valence-electron chi connectivity index (χ2n) is 7.16. The van der Waals surface area contributed by atoms with E-state index in [0.717, 1.165) is 27.1 Å². The number of ether oxygens (including phenoxy) is 1. The van der Waals surface area contributed by atoms with Crippen molar-refractivity contribution in [3.8, 4) is 5.75 Å². The van der Waals surface area contributed by atoms with Crippen LogP contribution in [-0.4, -0.2) is 17.8 Å². The first kappa shape index (κ1) is 24.1. The first-order valence-corrected chi connectivity index (χ1v) is 11.7. The molecule has 1 heterocycles. The lowest BCUT2D eigenvalue weighted by atomic mass is 10.1. The summed E-state index contributed by atoms with van der Waals surface area (Å²) < 4.78 is 20.6. The molecule has 0 atom stereocenters. The van der Waals surface area contributed by atoms with Crippen LogP contribution in [0, 0.1) is 5.82 Å². The number of imide groups is 2. The van der Waals surface area contributed by atoms with Gasteiger partial charge in [0.1, 0.15) is 18.0 Å². The number of carbonyl (C=O) groups excluding carboxylic acids is 3. The van der Waals surface area contributed by atoms with Crippen molar-refractivity contribution in [3.63, 3.8) is 0 Å². The fraction of sp³-hybridized carbons (Fsp3) is 0.0417. The molecule has 3 aromatic rings. The Bertz CT molecular complexity index is 1300. The maximum absolute atomic E-state index is 13.3. The number of halogens is 4. The summed E-state index contributed by atoms with van der Waals surface area (Å²) >= 11 is 13.2. The predicted molar refractivity (Wildman–Crippen MR) is 133 cm³/mol. The average molecular weight is 609 g/mol. The Labute approximate surface area is 215 Å². The SMILES string of the molecule is O=C1NC(=O)N(c2ccc(F)cc2)C(=O)/C1=C/c1cc(Cl)c(OCc2ccc(Br)cc2)c(Br)c1. The van der Waals surface area contributed by atoms with Gasteiger partial charge in [0.25, 0.3) is 11.8 Å². The first-order valence-electron chi connectivity index (χ1n) is 9.76. The highest BCUT2D eigenvalue weighted by atomic mass is 79.9. The van der Waals surface area contributed by atoms with Crippen LogP contribution >= 0.6 is 43.5 Å². The molecule has 0 radical (unpaired) electrons. The minimum atomic E-state index is -0.922. The molecule has 0 aliphatic carbocycles. The van der Waals surface area contributed by atoms with Crippen LogP contribution < -0.4 is 15.0 Å². The van der Waals surface area contributed by atoms with Crippen molar-refractivity contribution in [1.82, 2.24) is 5.32 Å². The molecule has 4 amide bonds. The van der Waals surface area contributed by atoms with Gasteiger partial charge in [0, 0.05) is 4.47 Å². The number of carbonyl (C=O) groups is 3. The van der Waals surface area contributed by atoms with Gasteiger partial charge in [-0.25, -0.2) is 14.1 Å². The number of anilines is 1. The molecule has 3 aromatic carbocycles. The number of hydrogen-bond acceptors (Lipinski definition) is 4. The van der Waals surface area contributed by atoms with E-state index in [1.807, 2.05) is 24.3 Å². The molecular formula is C24H14Br2ClFN2O4. The highest BCUT2D eigenvalue weighted by Crippen LogP contribution is 2.36. The first-order chi connectivity index (χ1) is 16.2. The molecular weight excluding hydrogens is 595 g/mol. The van der Waals surface area contributed by atoms with Crippen molar-refractivity contribution in [2.24, 2.45) is 0 Å². The van der Waals surface area contributed by atoms with Gasteiger partial charge in [-0.05, 0) is 81.7 Å². The Balaban J connectivity index is 1.60. The number of rotatable bonds is 5. The molecule has 1 aliphatic rings. The molecule has 0 bridgehead atoms. The number of urea groups is 1. The van der Waals surface area contributed by atoms with Crippen LogP contribution in [-0.2, 0) is 16.2 Å². The van der Waals surface area contributed by atoms with Gasteiger partial charge < -0.3 is 4.74 Å². The maximum atomic E-state index is 13.3. The zero-order valence-corrected chi connectivity index (χ0v) is 21.1. The van der Waals surface area contributed by atoms with Crippen LogP contribution in [0.2, 0.25) is 5.02 Å². The Morgan fingerprint density at radius 1 is 1.00 bits per heavy atom. The molecule has 6 nitrogen and oxygen atoms in total. The molecule has 0 aromatic heterocycles. The maximum Gasteiger partial charge on any atom is 0.335 e. The fourth-order valence-corrected chi connectivity index (χ4v) is 4.44. The van der Waals surface area contributed by atoms with E-state index in [1.54, 1.807) is 6.07 Å². The summed E-state index contributed by atoms with van der Waals surface area (Å²) in [6, 6.07) is 14.6. The Hall–Kier alpha value is -3.01. The second-order valence-corrected chi connectivity index (χ2v) is 9.34. The number of barbiturate groups is 1. The van der Waals surface area contributed by atoms with Gasteiger partial charge in [-0.2, -0.15) is 0 Å². The van der Waals surface area contributed by atoms with E-state index in [2.05, 4.69) is 37.2 Å². The lowest BCUT2D eigenvalue weighted by Crippen LogP contribution is -2.54. The normalized spacial score (nSPS) is 15.0. The number of benzene rings is 3. The smallest absolute Gasteiger partial charge is 0.335 e. The Kier molecular flexibility index (Phi) is 7.16. The van der Waals surface area contributed by atoms with Crippen LogP contribution in [0.3, 0.4) is 0 Å². The molecule has 0 unspecified atom stereocenters. The van der Waals surface area contributed by atoms with Crippen molar-refractivity contribution < 1.29 is 23.5 Å². The molecule has 1 fully saturated rings. The predicted octanol–water partition coefficient (Wildman–Crippen LogP) is 6.25. The van der Waals surface area contributed by atoms with E-state index in [1.165, 1.54) is 24.3 Å². The van der Waals surface area contributed by atoms with E-state index >= 15 is 0 Å². The standard InChI is InChI=1S/C24H14Br2ClFN2O4/c25-15-3-1-13(2-4-15)12-34-21-19(26)10-14(11-20(21)27)9-18-22(31)29-24(33)30(23(18)32)17-7-5-16(28)6-8-17/h1-11H,12H2,(H,29,31,33)/b18-9+. The van der Waals surface area contributed by atoms with Crippen molar-refractivity contribution in [3.05, 3.63) is 97.1 Å². The highest BCUT2D eigenvalue weighted by molar-refractivity contribution is 9.10. The molecule has 34 heavy (non-hydrogen) atoms. The van der Waals surface area contributed by atoms with Crippen LogP contribution in [0.15, 0.2) is 75.2 Å². The number of nitrogens with one attached hydrogen (secondary N) is 1. The topological polar surface area (TPSA) is 75.7 Å². The van der Waals surface area contributed by atoms with Gasteiger partial charge in [-0.3, -0.25) is 14.9 Å². The van der Waals surface area contributed by atoms with Crippen LogP contribution in [0.25, 0.3) is 6.08 Å². The van der Waals surface area contributed by atoms with Gasteiger partial charge in [0.05, 0.1) is 15.2 Å². The van der Waals surface area contributed by atoms with Gasteiger partial charge in [0.2, 0.25) is 0 Å². The second kappa shape index (κ2) is 10.1. The van der Waals surface area contributed by atoms with E-state index < -0.39 is 23.7 Å². The Morgan fingerprint density at radius 3 is 2.32 bits per heavy atom. The molecule has 4 rings (SSSR count). The summed E-state index contributed by atoms with van der Waals surface area (Å²) in [4.78, 5) is 38.4. The summed E-state index contributed by atoms with van der Waals surface area (Å²) in [5, 5.41) is 2.38. The van der Waals surface area contributed by atoms with E-state index in [0.29, 0.717) is 15.8 Å². The number of amides is 4. The van der Waals surface area contributed by atoms with Crippen LogP contribution in [0.1, 0.15) is 11.1 Å². The summed E-state index contributed by atoms with van der Waals surface area (Å²) in [5.41, 5.74) is 1.21. The van der Waals surface area contributed by atoms with E-state index in [9.17, 15) is 18.8 Å². The molecule has 1 N–H and O–H groups in total. The third kappa shape index (κ3) is 5.22. The Morgan fingerprint density at radius 2 is 1.68 bits per heavy atom. The van der Waals surface area contributed by atoms with E-state index in [-0.39, 0.29) is 22.9 Å². The number of nitrogens with zero attached hydrogens (tertiary/aromatic N) is 1. The quantitative estimate of drug-likeness (QED) is 0.275. The summed E-state index contributed by atoms with van der Waals surface area (Å²) in [6.07, 6.45) is 1.32. The zero-order chi connectivity index (χ0) is 24.4. The monoisotopic (exact) mass is 606 g/mol. The fourth-order valence-electron chi connectivity index (χ4n) is 3.19. The highest BCUT2D eigenvalue weighted by Gasteiger charge is 2.36. The lowest BCUT2D eigenvalue weighted by molar-refractivity contribution is -0.122. The molecule has 0 saturated carbocycles. The van der Waals surface area contributed by atoms with E-state index in [4.69, 9.17) is 16.3 Å². The summed E-state index contributed by atoms with van der Waals surface area (Å²) in [5.74, 6) is -1.82. The van der Waals surface area contributed by atoms with Crippen molar-refractivity contribution in [1.29, 1.82) is 0 Å². The molecule has 0 spiro atoms. The lowest BCUT2D eigenvalue weighted by Gasteiger charge is -2.26. The van der Waals surface area contributed by atoms with Crippen molar-refractivity contribution in [2.75, 3.05) is 4.90 Å². The minimum Gasteiger partial charge on any atom is -0.486 e. The molecule has 1 saturated heterocycles. The van der Waals surface area contributed by atoms with Gasteiger partial charge in [-0.1, -0.05) is 39.7 Å². The summed E-state index contributed by atoms with van der Waals surface area (Å²) in [6.45, 7) is 0.279. The van der Waals surface area contributed by atoms with Crippen molar-refractivity contribution >= 4 is 73.1 Å². The number of hydrogen-bond donors (Lipinski definition) is 1. The van der Waals surface area contributed by atoms with Gasteiger partial charge in [-0.15, -0.1) is 0 Å². The van der Waals surface area contributed by atoms with Gasteiger partial charge in [0.15, 0.2) is 5.75 Å². The third-order valence-corrected chi connectivity index (χ3v) is 6.21. The minimum absolute atomic E-state index is 0.123. The summed E-state index contributed by atoms with van der Waals surface area (Å²) in [7, 11) is 0. The molecule has 10 heteroatoms. The molecule has 172 valence electrons. The zero-order valence-electron chi connectivity index (χ0n) is 17.2. The largest absolute Gasteiger partial charge is 0.486 e. The molecule has 1 aliphatic heterocycles. The van der Waals surface area contributed by atoms with Crippen LogP contribution in [0.5, 0.6) is 5.75 Å². The van der Waals surface area contributed by atoms with Crippen LogP contribution in [0.4, 0.5) is 14.9 Å². The average Bonchev–Trinajstić information content (AvgIpc) is 2.78. The van der Waals surface area contributed by atoms with Crippen molar-refractivity contribution in [2.45, 2.75) is 6.61 Å².